The maximum atomic E-state index is 13.2. The third-order valence-corrected chi connectivity index (χ3v) is 6.64. The number of carboxylic acids is 1. The first-order valence-corrected chi connectivity index (χ1v) is 11.5. The Morgan fingerprint density at radius 3 is 2.43 bits per heavy atom. The number of rotatable bonds is 5. The van der Waals surface area contributed by atoms with Crippen molar-refractivity contribution in [1.82, 2.24) is 15.2 Å². The van der Waals surface area contributed by atoms with Crippen LogP contribution in [-0.4, -0.2) is 51.9 Å². The number of aromatic nitrogens is 1. The van der Waals surface area contributed by atoms with Gasteiger partial charge in [-0.3, -0.25) is 14.6 Å². The van der Waals surface area contributed by atoms with Crippen molar-refractivity contribution in [2.75, 3.05) is 13.1 Å². The van der Waals surface area contributed by atoms with Crippen LogP contribution in [0.5, 0.6) is 0 Å². The molecule has 2 heterocycles. The van der Waals surface area contributed by atoms with E-state index in [-0.39, 0.29) is 23.1 Å². The molecule has 1 aromatic heterocycles. The lowest BCUT2D eigenvalue weighted by Crippen LogP contribution is -2.42. The van der Waals surface area contributed by atoms with E-state index in [0.717, 1.165) is 18.4 Å². The van der Waals surface area contributed by atoms with Crippen LogP contribution in [0.1, 0.15) is 63.9 Å². The number of carbonyl (C=O) groups excluding carboxylic acids is 2. The van der Waals surface area contributed by atoms with Crippen molar-refractivity contribution in [2.45, 2.75) is 38.1 Å². The summed E-state index contributed by atoms with van der Waals surface area (Å²) in [5.74, 6) is -1.26. The third kappa shape index (κ3) is 5.46. The number of carboxylic acid groups (broad SMARTS) is 1. The van der Waals surface area contributed by atoms with Crippen LogP contribution in [-0.2, 0) is 4.79 Å². The van der Waals surface area contributed by atoms with Gasteiger partial charge in [0, 0.05) is 37.5 Å². The van der Waals surface area contributed by atoms with E-state index < -0.39 is 11.9 Å². The first-order valence-electron chi connectivity index (χ1n) is 11.5. The van der Waals surface area contributed by atoms with E-state index in [1.54, 1.807) is 0 Å². The topological polar surface area (TPSA) is 123 Å². The fourth-order valence-corrected chi connectivity index (χ4v) is 4.49. The maximum Gasteiger partial charge on any atom is 0.337 e. The average molecular weight is 471 g/mol. The second kappa shape index (κ2) is 10.3. The second-order valence-electron chi connectivity index (χ2n) is 8.90. The molecule has 2 aliphatic rings. The molecule has 35 heavy (non-hydrogen) atoms. The highest BCUT2D eigenvalue weighted by Crippen LogP contribution is 2.30. The van der Waals surface area contributed by atoms with Crippen LogP contribution in [0, 0.1) is 11.3 Å². The van der Waals surface area contributed by atoms with Crippen LogP contribution in [0.2, 0.25) is 0 Å². The lowest BCUT2D eigenvalue weighted by atomic mass is 9.88. The van der Waals surface area contributed by atoms with Crippen molar-refractivity contribution in [1.29, 1.82) is 5.26 Å². The van der Waals surface area contributed by atoms with Gasteiger partial charge in [-0.25, -0.2) is 4.79 Å². The smallest absolute Gasteiger partial charge is 0.337 e. The number of nitrogens with one attached hydrogen (secondary N) is 1. The zero-order chi connectivity index (χ0) is 24.9. The number of piperidine rings is 1. The standard InChI is InChI=1S/C27H26N4O4/c1-17-2-5-21(13-24(17)30-25(32)22-12-23(27(34)35)16-29-15-22)26(33)31-10-8-20(9-11-31)19-6-3-18(14-28)4-7-19/h2-7,12,15-16,20,24H,8-11,13H2,1H3,(H,30,32)(H,34,35). The van der Waals surface area contributed by atoms with Crippen LogP contribution in [0.3, 0.4) is 0 Å². The summed E-state index contributed by atoms with van der Waals surface area (Å²) in [7, 11) is 0. The van der Waals surface area contributed by atoms with Gasteiger partial charge in [0.1, 0.15) is 0 Å². The van der Waals surface area contributed by atoms with Gasteiger partial charge in [-0.1, -0.05) is 29.9 Å². The second-order valence-corrected chi connectivity index (χ2v) is 8.90. The van der Waals surface area contributed by atoms with Crippen LogP contribution in [0.25, 0.3) is 0 Å². The Balaban J connectivity index is 1.36. The van der Waals surface area contributed by atoms with E-state index in [9.17, 15) is 14.4 Å². The molecule has 1 aromatic carbocycles. The Morgan fingerprint density at radius 1 is 1.09 bits per heavy atom. The van der Waals surface area contributed by atoms with Gasteiger partial charge in [0.2, 0.25) is 5.91 Å². The van der Waals surface area contributed by atoms with Crippen LogP contribution in [0.4, 0.5) is 0 Å². The van der Waals surface area contributed by atoms with Crippen molar-refractivity contribution < 1.29 is 19.5 Å². The van der Waals surface area contributed by atoms with Gasteiger partial charge in [-0.05, 0) is 49.4 Å². The molecule has 1 fully saturated rings. The number of amides is 2. The maximum absolute atomic E-state index is 13.2. The van der Waals surface area contributed by atoms with Crippen LogP contribution < -0.4 is 5.32 Å². The van der Waals surface area contributed by atoms with E-state index in [1.165, 1.54) is 24.0 Å². The summed E-state index contributed by atoms with van der Waals surface area (Å²) >= 11 is 0. The van der Waals surface area contributed by atoms with Crippen molar-refractivity contribution in [3.05, 3.63) is 88.3 Å². The van der Waals surface area contributed by atoms with E-state index in [1.807, 2.05) is 48.2 Å². The summed E-state index contributed by atoms with van der Waals surface area (Å²) in [5, 5.41) is 21.0. The monoisotopic (exact) mass is 470 g/mol. The molecule has 2 aromatic rings. The number of allylic oxidation sites excluding steroid dienone is 2. The zero-order valence-corrected chi connectivity index (χ0v) is 19.4. The Hall–Kier alpha value is -4.25. The molecule has 2 amide bonds. The highest BCUT2D eigenvalue weighted by molar-refractivity contribution is 5.98. The number of hydrogen-bond donors (Lipinski definition) is 2. The molecule has 0 bridgehead atoms. The highest BCUT2D eigenvalue weighted by Gasteiger charge is 2.29. The largest absolute Gasteiger partial charge is 0.478 e. The van der Waals surface area contributed by atoms with Gasteiger partial charge in [0.15, 0.2) is 0 Å². The normalized spacial score (nSPS) is 18.2. The molecule has 1 aliphatic heterocycles. The van der Waals surface area contributed by atoms with E-state index in [0.29, 0.717) is 36.6 Å². The van der Waals surface area contributed by atoms with Gasteiger partial charge >= 0.3 is 5.97 Å². The van der Waals surface area contributed by atoms with Crippen molar-refractivity contribution in [3.63, 3.8) is 0 Å². The fourth-order valence-electron chi connectivity index (χ4n) is 4.49. The quantitative estimate of drug-likeness (QED) is 0.690. The summed E-state index contributed by atoms with van der Waals surface area (Å²) in [5.41, 5.74) is 3.47. The van der Waals surface area contributed by atoms with Crippen LogP contribution >= 0.6 is 0 Å². The Bertz CT molecular complexity index is 1250. The Morgan fingerprint density at radius 2 is 1.77 bits per heavy atom. The molecule has 0 saturated carbocycles. The summed E-state index contributed by atoms with van der Waals surface area (Å²) < 4.78 is 0. The number of pyridine rings is 1. The highest BCUT2D eigenvalue weighted by atomic mass is 16.4. The average Bonchev–Trinajstić information content (AvgIpc) is 2.89. The van der Waals surface area contributed by atoms with Gasteiger partial charge in [0.25, 0.3) is 5.91 Å². The Labute approximate surface area is 203 Å². The predicted molar refractivity (Wildman–Crippen MR) is 129 cm³/mol. The number of carbonyl (C=O) groups is 3. The van der Waals surface area contributed by atoms with Gasteiger partial charge in [-0.15, -0.1) is 0 Å². The van der Waals surface area contributed by atoms with Crippen molar-refractivity contribution in [2.24, 2.45) is 0 Å². The van der Waals surface area contributed by atoms with Crippen molar-refractivity contribution in [3.8, 4) is 6.07 Å². The molecular formula is C27H26N4O4. The number of nitriles is 1. The minimum atomic E-state index is -1.15. The predicted octanol–water partition coefficient (Wildman–Crippen LogP) is 3.43. The molecule has 0 spiro atoms. The van der Waals surface area contributed by atoms with E-state index >= 15 is 0 Å². The summed E-state index contributed by atoms with van der Waals surface area (Å²) in [6.07, 6.45) is 8.25. The minimum Gasteiger partial charge on any atom is -0.478 e. The molecule has 2 N–H and O–H groups in total. The van der Waals surface area contributed by atoms with E-state index in [2.05, 4.69) is 16.4 Å². The molecule has 0 radical (unpaired) electrons. The SMILES string of the molecule is CC1=CC=C(C(=O)N2CCC(c3ccc(C#N)cc3)CC2)CC1NC(=O)c1cncc(C(=O)O)c1. The molecule has 4 rings (SSSR count). The van der Waals surface area contributed by atoms with Crippen LogP contribution in [0.15, 0.2) is 66.0 Å². The first-order chi connectivity index (χ1) is 16.9. The third-order valence-electron chi connectivity index (χ3n) is 6.64. The van der Waals surface area contributed by atoms with Gasteiger partial charge in [-0.2, -0.15) is 5.26 Å². The molecular weight excluding hydrogens is 444 g/mol. The zero-order valence-electron chi connectivity index (χ0n) is 19.4. The summed E-state index contributed by atoms with van der Waals surface area (Å²) in [4.78, 5) is 42.8. The van der Waals surface area contributed by atoms with Gasteiger partial charge in [0.05, 0.1) is 28.8 Å². The van der Waals surface area contributed by atoms with Gasteiger partial charge < -0.3 is 15.3 Å². The number of hydrogen-bond acceptors (Lipinski definition) is 5. The molecule has 8 heteroatoms. The lowest BCUT2D eigenvalue weighted by Gasteiger charge is -2.34. The summed E-state index contributed by atoms with van der Waals surface area (Å²) in [6, 6.07) is 10.7. The van der Waals surface area contributed by atoms with Crippen molar-refractivity contribution >= 4 is 17.8 Å². The number of aromatic carboxylic acids is 1. The first kappa shape index (κ1) is 23.9. The Kier molecular flexibility index (Phi) is 7.06. The molecule has 1 atom stereocenters. The molecule has 178 valence electrons. The number of likely N-dealkylation sites (tertiary alicyclic amines) is 1. The molecule has 1 unspecified atom stereocenters. The van der Waals surface area contributed by atoms with E-state index in [4.69, 9.17) is 10.4 Å². The number of nitrogens with zero attached hydrogens (tertiary/aromatic N) is 3. The fraction of sp³-hybridized carbons (Fsp3) is 0.296. The molecule has 1 aliphatic carbocycles. The lowest BCUT2D eigenvalue weighted by molar-refractivity contribution is -0.128. The molecule has 1 saturated heterocycles. The summed E-state index contributed by atoms with van der Waals surface area (Å²) in [6.45, 7) is 3.18. The molecule has 8 nitrogen and oxygen atoms in total. The minimum absolute atomic E-state index is 0.0270. The number of benzene rings is 1.